The molecular formula is C23H20F3N9O2. The first-order valence-electron chi connectivity index (χ1n) is 11.3. The summed E-state index contributed by atoms with van der Waals surface area (Å²) in [6.07, 6.45) is 2.68. The summed E-state index contributed by atoms with van der Waals surface area (Å²) in [5.74, 6) is 0.596. The molecule has 37 heavy (non-hydrogen) atoms. The number of alkyl halides is 3. The van der Waals surface area contributed by atoms with Gasteiger partial charge in [-0.2, -0.15) is 18.2 Å². The van der Waals surface area contributed by atoms with Crippen LogP contribution >= 0.6 is 0 Å². The molecule has 14 heteroatoms. The van der Waals surface area contributed by atoms with Crippen LogP contribution in [0.2, 0.25) is 0 Å². The molecule has 0 saturated heterocycles. The zero-order valence-corrected chi connectivity index (χ0v) is 19.5. The molecule has 0 bridgehead atoms. The number of nitrogens with zero attached hydrogens (tertiary/aromatic N) is 9. The predicted octanol–water partition coefficient (Wildman–Crippen LogP) is 3.67. The summed E-state index contributed by atoms with van der Waals surface area (Å²) in [4.78, 5) is 17.2. The standard InChI is InChI=1S/C23H20F3N9O2/c1-2-3-18-17(12-36-20-5-4-15(9-29-20)23(24,25)26)16(10-28-18)22-31-21(32-37-22)19-8-14(6-7-27-19)11-35-13-30-33-34-35/h4-10,13,18H,2-3,11-12H2,1H3. The van der Waals surface area contributed by atoms with Crippen LogP contribution in [0.1, 0.15) is 36.8 Å². The quantitative estimate of drug-likeness (QED) is 0.330. The lowest BCUT2D eigenvalue weighted by molar-refractivity contribution is -0.137. The van der Waals surface area contributed by atoms with Gasteiger partial charge in [0.25, 0.3) is 5.89 Å². The number of tetrazole rings is 1. The van der Waals surface area contributed by atoms with Crippen LogP contribution in [-0.4, -0.2) is 59.2 Å². The molecule has 0 N–H and O–H groups in total. The summed E-state index contributed by atoms with van der Waals surface area (Å²) in [5, 5.41) is 15.2. The molecule has 1 atom stereocenters. The molecule has 0 amide bonds. The number of aliphatic imine (C=N–C) groups is 1. The van der Waals surface area contributed by atoms with E-state index in [0.29, 0.717) is 17.8 Å². The predicted molar refractivity (Wildman–Crippen MR) is 123 cm³/mol. The Morgan fingerprint density at radius 1 is 1.16 bits per heavy atom. The van der Waals surface area contributed by atoms with Gasteiger partial charge in [0.05, 0.1) is 23.7 Å². The molecular weight excluding hydrogens is 491 g/mol. The van der Waals surface area contributed by atoms with E-state index in [1.165, 1.54) is 12.4 Å². The molecule has 0 fully saturated rings. The van der Waals surface area contributed by atoms with Gasteiger partial charge < -0.3 is 9.26 Å². The Hall–Kier alpha value is -4.49. The third kappa shape index (κ3) is 5.52. The van der Waals surface area contributed by atoms with Crippen molar-refractivity contribution in [2.24, 2.45) is 4.99 Å². The zero-order chi connectivity index (χ0) is 25.8. The van der Waals surface area contributed by atoms with E-state index in [-0.39, 0.29) is 30.2 Å². The number of rotatable bonds is 9. The largest absolute Gasteiger partial charge is 0.473 e. The molecule has 4 aromatic rings. The van der Waals surface area contributed by atoms with Gasteiger partial charge >= 0.3 is 6.18 Å². The van der Waals surface area contributed by atoms with Gasteiger partial charge in [0.2, 0.25) is 11.7 Å². The fraction of sp³-hybridized carbons (Fsp3) is 0.304. The van der Waals surface area contributed by atoms with Crippen molar-refractivity contribution in [3.05, 3.63) is 65.6 Å². The first kappa shape index (κ1) is 24.2. The van der Waals surface area contributed by atoms with Gasteiger partial charge in [0.1, 0.15) is 18.6 Å². The number of aromatic nitrogens is 8. The van der Waals surface area contributed by atoms with Crippen LogP contribution in [0.3, 0.4) is 0 Å². The average molecular weight is 511 g/mol. The Balaban J connectivity index is 1.36. The van der Waals surface area contributed by atoms with Crippen LogP contribution in [0.5, 0.6) is 5.88 Å². The average Bonchev–Trinajstić information content (AvgIpc) is 3.65. The Morgan fingerprint density at radius 3 is 2.78 bits per heavy atom. The molecule has 0 saturated carbocycles. The minimum absolute atomic E-state index is 0.0513. The molecule has 5 heterocycles. The number of hydrogen-bond acceptors (Lipinski definition) is 10. The van der Waals surface area contributed by atoms with E-state index in [9.17, 15) is 13.2 Å². The smallest absolute Gasteiger partial charge is 0.417 e. The molecule has 11 nitrogen and oxygen atoms in total. The first-order valence-corrected chi connectivity index (χ1v) is 11.3. The van der Waals surface area contributed by atoms with Crippen LogP contribution in [-0.2, 0) is 12.7 Å². The van der Waals surface area contributed by atoms with Crippen molar-refractivity contribution in [2.75, 3.05) is 6.61 Å². The Labute approximate surface area is 208 Å². The Morgan fingerprint density at radius 2 is 2.05 bits per heavy atom. The monoisotopic (exact) mass is 511 g/mol. The lowest BCUT2D eigenvalue weighted by Crippen LogP contribution is -2.14. The van der Waals surface area contributed by atoms with Crippen molar-refractivity contribution < 1.29 is 22.4 Å². The summed E-state index contributed by atoms with van der Waals surface area (Å²) in [6.45, 7) is 2.53. The van der Waals surface area contributed by atoms with Crippen LogP contribution in [0.15, 0.2) is 58.1 Å². The number of allylic oxidation sites excluding steroid dienone is 1. The van der Waals surface area contributed by atoms with E-state index in [4.69, 9.17) is 9.26 Å². The van der Waals surface area contributed by atoms with Gasteiger partial charge in [-0.15, -0.1) is 5.10 Å². The third-order valence-electron chi connectivity index (χ3n) is 5.58. The van der Waals surface area contributed by atoms with Crippen molar-refractivity contribution >= 4 is 11.8 Å². The number of pyridine rings is 2. The summed E-state index contributed by atoms with van der Waals surface area (Å²) in [5.41, 5.74) is 1.94. The Kier molecular flexibility index (Phi) is 6.70. The lowest BCUT2D eigenvalue weighted by atomic mass is 10.0. The number of halogens is 3. The normalized spacial score (nSPS) is 15.5. The molecule has 0 radical (unpaired) electrons. The lowest BCUT2D eigenvalue weighted by Gasteiger charge is -2.14. The molecule has 190 valence electrons. The topological polar surface area (TPSA) is 130 Å². The van der Waals surface area contributed by atoms with Crippen LogP contribution in [0.4, 0.5) is 13.2 Å². The zero-order valence-electron chi connectivity index (χ0n) is 19.5. The molecule has 0 aliphatic carbocycles. The summed E-state index contributed by atoms with van der Waals surface area (Å²) < 4.78 is 51.3. The highest BCUT2D eigenvalue weighted by atomic mass is 19.4. The maximum atomic E-state index is 12.8. The second-order valence-corrected chi connectivity index (χ2v) is 8.17. The molecule has 1 aliphatic heterocycles. The third-order valence-corrected chi connectivity index (χ3v) is 5.58. The van der Waals surface area contributed by atoms with Crippen molar-refractivity contribution in [3.8, 4) is 17.4 Å². The van der Waals surface area contributed by atoms with Crippen LogP contribution in [0, 0.1) is 0 Å². The van der Waals surface area contributed by atoms with Crippen LogP contribution in [0.25, 0.3) is 17.1 Å². The first-order chi connectivity index (χ1) is 17.9. The van der Waals surface area contributed by atoms with Gasteiger partial charge in [-0.3, -0.25) is 9.98 Å². The van der Waals surface area contributed by atoms with E-state index in [1.807, 2.05) is 19.1 Å². The minimum atomic E-state index is -4.47. The second-order valence-electron chi connectivity index (χ2n) is 8.17. The SMILES string of the molecule is CCCC1N=CC(c2nc(-c3cc(Cn4cnnn4)ccn3)no2)=C1COc1ccc(C(F)(F)F)cn1. The molecule has 0 spiro atoms. The van der Waals surface area contributed by atoms with E-state index >= 15 is 0 Å². The maximum Gasteiger partial charge on any atom is 0.417 e. The molecule has 5 rings (SSSR count). The van der Waals surface area contributed by atoms with Crippen LogP contribution < -0.4 is 4.74 Å². The Bertz CT molecular complexity index is 1410. The number of hydrogen-bond donors (Lipinski definition) is 0. The summed E-state index contributed by atoms with van der Waals surface area (Å²) in [7, 11) is 0. The number of ether oxygens (including phenoxy) is 1. The van der Waals surface area contributed by atoms with E-state index in [2.05, 4.69) is 40.6 Å². The van der Waals surface area contributed by atoms with E-state index in [1.54, 1.807) is 17.1 Å². The molecule has 1 unspecified atom stereocenters. The molecule has 4 aromatic heterocycles. The van der Waals surface area contributed by atoms with Gasteiger partial charge in [-0.05, 0) is 40.6 Å². The second kappa shape index (κ2) is 10.2. The maximum absolute atomic E-state index is 12.8. The van der Waals surface area contributed by atoms with E-state index < -0.39 is 11.7 Å². The van der Waals surface area contributed by atoms with Gasteiger partial charge in [-0.1, -0.05) is 18.5 Å². The van der Waals surface area contributed by atoms with E-state index in [0.717, 1.165) is 36.2 Å². The molecule has 1 aliphatic rings. The van der Waals surface area contributed by atoms with Gasteiger partial charge in [-0.25, -0.2) is 9.67 Å². The highest BCUT2D eigenvalue weighted by molar-refractivity contribution is 6.11. The van der Waals surface area contributed by atoms with Gasteiger partial charge in [0, 0.05) is 30.2 Å². The van der Waals surface area contributed by atoms with Crippen molar-refractivity contribution in [1.29, 1.82) is 0 Å². The fourth-order valence-electron chi connectivity index (χ4n) is 3.76. The summed E-state index contributed by atoms with van der Waals surface area (Å²) >= 11 is 0. The highest BCUT2D eigenvalue weighted by Crippen LogP contribution is 2.31. The van der Waals surface area contributed by atoms with Crippen molar-refractivity contribution in [1.82, 2.24) is 40.3 Å². The van der Waals surface area contributed by atoms with Gasteiger partial charge in [0.15, 0.2) is 0 Å². The highest BCUT2D eigenvalue weighted by Gasteiger charge is 2.31. The minimum Gasteiger partial charge on any atom is -0.473 e. The van der Waals surface area contributed by atoms with Crippen molar-refractivity contribution in [3.63, 3.8) is 0 Å². The summed E-state index contributed by atoms with van der Waals surface area (Å²) in [6, 6.07) is 5.58. The fourth-order valence-corrected chi connectivity index (χ4v) is 3.76. The molecule has 0 aromatic carbocycles. The van der Waals surface area contributed by atoms with Crippen molar-refractivity contribution in [2.45, 2.75) is 38.5 Å².